The van der Waals surface area contributed by atoms with Crippen molar-refractivity contribution in [2.75, 3.05) is 5.32 Å². The van der Waals surface area contributed by atoms with Crippen LogP contribution in [0, 0.1) is 5.92 Å². The number of amides is 2. The van der Waals surface area contributed by atoms with E-state index in [0.717, 1.165) is 4.47 Å². The lowest BCUT2D eigenvalue weighted by molar-refractivity contribution is -0.123. The Morgan fingerprint density at radius 1 is 1.17 bits per heavy atom. The molecular weight excluding hydrogens is 364 g/mol. The Morgan fingerprint density at radius 2 is 1.78 bits per heavy atom. The van der Waals surface area contributed by atoms with E-state index in [2.05, 4.69) is 26.6 Å². The first-order valence-corrected chi connectivity index (χ1v) is 8.29. The molecule has 1 aromatic carbocycles. The molecule has 0 aliphatic rings. The monoisotopic (exact) mass is 386 g/mol. The summed E-state index contributed by atoms with van der Waals surface area (Å²) in [5.74, 6) is 0.00809. The number of ketones is 1. The number of Topliss-reactive ketones (excluding diaryl/α,β-unsaturated/α-hetero) is 1. The highest BCUT2D eigenvalue weighted by Gasteiger charge is 2.22. The van der Waals surface area contributed by atoms with Gasteiger partial charge in [-0.15, -0.1) is 0 Å². The first-order valence-electron chi connectivity index (χ1n) is 7.50. The normalized spacial score (nSPS) is 12.3. The first kappa shape index (κ1) is 19.6. The molecule has 1 aromatic rings. The molecule has 0 unspecified atom stereocenters. The van der Waals surface area contributed by atoms with Crippen molar-refractivity contribution >= 4 is 33.4 Å². The topological polar surface area (TPSA) is 98.7 Å². The van der Waals surface area contributed by atoms with Crippen LogP contribution in [-0.2, 0) is 4.79 Å². The minimum atomic E-state index is -1.52. The summed E-state index contributed by atoms with van der Waals surface area (Å²) in [6.45, 7) is 3.91. The summed E-state index contributed by atoms with van der Waals surface area (Å²) in [6, 6.07) is 5.97. The van der Waals surface area contributed by atoms with Gasteiger partial charge >= 0.3 is 6.03 Å². The Kier molecular flexibility index (Phi) is 8.22. The van der Waals surface area contributed by atoms with E-state index in [1.54, 1.807) is 24.3 Å². The van der Waals surface area contributed by atoms with Crippen LogP contribution in [-0.4, -0.2) is 34.4 Å². The van der Waals surface area contributed by atoms with E-state index in [9.17, 15) is 9.59 Å². The molecule has 0 heterocycles. The number of halogens is 1. The lowest BCUT2D eigenvalue weighted by Crippen LogP contribution is -2.44. The summed E-state index contributed by atoms with van der Waals surface area (Å²) in [5, 5.41) is 23.1. The van der Waals surface area contributed by atoms with E-state index in [4.69, 9.17) is 10.2 Å². The minimum Gasteiger partial charge on any atom is -0.368 e. The SMILES string of the molecule is CC(C)C[C@H](NC(=O)Nc1ccc(Br)cc1)C(=O)CCC(O)O. The van der Waals surface area contributed by atoms with Gasteiger partial charge in [0, 0.05) is 23.0 Å². The van der Waals surface area contributed by atoms with Gasteiger partial charge in [0.05, 0.1) is 6.04 Å². The van der Waals surface area contributed by atoms with Gasteiger partial charge in [-0.05, 0) is 36.6 Å². The van der Waals surface area contributed by atoms with Crippen LogP contribution in [0.2, 0.25) is 0 Å². The Morgan fingerprint density at radius 3 is 2.30 bits per heavy atom. The van der Waals surface area contributed by atoms with Gasteiger partial charge in [-0.2, -0.15) is 0 Å². The molecule has 0 bridgehead atoms. The van der Waals surface area contributed by atoms with Crippen LogP contribution in [0.1, 0.15) is 33.1 Å². The molecule has 0 spiro atoms. The van der Waals surface area contributed by atoms with Crippen molar-refractivity contribution in [3.8, 4) is 0 Å². The zero-order valence-electron chi connectivity index (χ0n) is 13.3. The second-order valence-corrected chi connectivity index (χ2v) is 6.69. The fourth-order valence-electron chi connectivity index (χ4n) is 2.05. The third-order valence-electron chi connectivity index (χ3n) is 3.15. The standard InChI is InChI=1S/C16H23BrN2O4/c1-10(2)9-13(14(20)7-8-15(21)22)19-16(23)18-12-5-3-11(17)4-6-12/h3-6,10,13,15,21-22H,7-9H2,1-2H3,(H2,18,19,23)/t13-/m0/s1. The van der Waals surface area contributed by atoms with Crippen LogP contribution < -0.4 is 10.6 Å². The van der Waals surface area contributed by atoms with E-state index in [0.29, 0.717) is 12.1 Å². The van der Waals surface area contributed by atoms with Crippen LogP contribution >= 0.6 is 15.9 Å². The summed E-state index contributed by atoms with van der Waals surface area (Å²) in [7, 11) is 0. The molecule has 4 N–H and O–H groups in total. The van der Waals surface area contributed by atoms with E-state index < -0.39 is 18.4 Å². The van der Waals surface area contributed by atoms with Crippen molar-refractivity contribution in [2.24, 2.45) is 5.92 Å². The second-order valence-electron chi connectivity index (χ2n) is 5.77. The number of hydrogen-bond donors (Lipinski definition) is 4. The Hall–Kier alpha value is -1.44. The molecule has 7 heteroatoms. The average molecular weight is 387 g/mol. The number of aliphatic hydroxyl groups is 2. The van der Waals surface area contributed by atoms with Crippen molar-refractivity contribution < 1.29 is 19.8 Å². The predicted octanol–water partition coefficient (Wildman–Crippen LogP) is 2.65. The molecule has 0 saturated carbocycles. The van der Waals surface area contributed by atoms with Crippen LogP contribution in [0.25, 0.3) is 0 Å². The smallest absolute Gasteiger partial charge is 0.319 e. The zero-order valence-corrected chi connectivity index (χ0v) is 14.8. The van der Waals surface area contributed by atoms with E-state index in [-0.39, 0.29) is 24.5 Å². The van der Waals surface area contributed by atoms with Gasteiger partial charge in [-0.3, -0.25) is 4.79 Å². The fourth-order valence-corrected chi connectivity index (χ4v) is 2.31. The number of carbonyl (C=O) groups is 2. The van der Waals surface area contributed by atoms with Crippen LogP contribution in [0.15, 0.2) is 28.7 Å². The lowest BCUT2D eigenvalue weighted by atomic mass is 9.98. The van der Waals surface area contributed by atoms with Gasteiger partial charge in [-0.1, -0.05) is 29.8 Å². The molecule has 0 aliphatic carbocycles. The van der Waals surface area contributed by atoms with Gasteiger partial charge in [0.2, 0.25) is 0 Å². The summed E-state index contributed by atoms with van der Waals surface area (Å²) in [6.07, 6.45) is -1.05. The number of anilines is 1. The minimum absolute atomic E-state index is 0.00756. The maximum absolute atomic E-state index is 12.1. The van der Waals surface area contributed by atoms with E-state index in [1.807, 2.05) is 13.8 Å². The highest BCUT2D eigenvalue weighted by Crippen LogP contribution is 2.14. The third kappa shape index (κ3) is 8.11. The van der Waals surface area contributed by atoms with E-state index >= 15 is 0 Å². The highest BCUT2D eigenvalue weighted by molar-refractivity contribution is 9.10. The molecule has 128 valence electrons. The highest BCUT2D eigenvalue weighted by atomic mass is 79.9. The largest absolute Gasteiger partial charge is 0.368 e. The Labute approximate surface area is 144 Å². The average Bonchev–Trinajstić information content (AvgIpc) is 2.46. The van der Waals surface area contributed by atoms with Crippen molar-refractivity contribution in [3.05, 3.63) is 28.7 Å². The second kappa shape index (κ2) is 9.64. The Bertz CT molecular complexity index is 517. The van der Waals surface area contributed by atoms with Crippen LogP contribution in [0.4, 0.5) is 10.5 Å². The molecule has 0 fully saturated rings. The lowest BCUT2D eigenvalue weighted by Gasteiger charge is -2.20. The maximum atomic E-state index is 12.1. The third-order valence-corrected chi connectivity index (χ3v) is 3.68. The van der Waals surface area contributed by atoms with Gasteiger partial charge in [0.15, 0.2) is 12.1 Å². The number of hydrogen-bond acceptors (Lipinski definition) is 4. The molecule has 0 radical (unpaired) electrons. The maximum Gasteiger partial charge on any atom is 0.319 e. The van der Waals surface area contributed by atoms with Crippen molar-refractivity contribution in [3.63, 3.8) is 0 Å². The van der Waals surface area contributed by atoms with Crippen LogP contribution in [0.5, 0.6) is 0 Å². The van der Waals surface area contributed by atoms with Crippen molar-refractivity contribution in [2.45, 2.75) is 45.4 Å². The van der Waals surface area contributed by atoms with Gasteiger partial charge in [0.25, 0.3) is 0 Å². The van der Waals surface area contributed by atoms with E-state index in [1.165, 1.54) is 0 Å². The molecule has 0 aliphatic heterocycles. The quantitative estimate of drug-likeness (QED) is 0.516. The first-order chi connectivity index (χ1) is 10.8. The predicted molar refractivity (Wildman–Crippen MR) is 92.0 cm³/mol. The van der Waals surface area contributed by atoms with Gasteiger partial charge in [-0.25, -0.2) is 4.79 Å². The molecule has 1 atom stereocenters. The van der Waals surface area contributed by atoms with Crippen molar-refractivity contribution in [1.82, 2.24) is 5.32 Å². The molecule has 1 rings (SSSR count). The number of urea groups is 1. The fraction of sp³-hybridized carbons (Fsp3) is 0.500. The molecule has 2 amide bonds. The summed E-state index contributed by atoms with van der Waals surface area (Å²) < 4.78 is 0.902. The summed E-state index contributed by atoms with van der Waals surface area (Å²) in [5.41, 5.74) is 0.618. The number of carbonyl (C=O) groups excluding carboxylic acids is 2. The molecule has 23 heavy (non-hydrogen) atoms. The number of rotatable bonds is 8. The van der Waals surface area contributed by atoms with Gasteiger partial charge in [0.1, 0.15) is 0 Å². The van der Waals surface area contributed by atoms with Crippen molar-refractivity contribution in [1.29, 1.82) is 0 Å². The molecule has 6 nitrogen and oxygen atoms in total. The number of benzene rings is 1. The summed E-state index contributed by atoms with van der Waals surface area (Å²) >= 11 is 3.31. The van der Waals surface area contributed by atoms with Gasteiger partial charge < -0.3 is 20.8 Å². The number of nitrogens with one attached hydrogen (secondary N) is 2. The molecular formula is C16H23BrN2O4. The molecule has 0 aromatic heterocycles. The Balaban J connectivity index is 2.62. The summed E-state index contributed by atoms with van der Waals surface area (Å²) in [4.78, 5) is 24.2. The van der Waals surface area contributed by atoms with Crippen LogP contribution in [0.3, 0.4) is 0 Å². The molecule has 0 saturated heterocycles. The number of aliphatic hydroxyl groups excluding tert-OH is 1. The zero-order chi connectivity index (χ0) is 17.4.